The lowest BCUT2D eigenvalue weighted by Gasteiger charge is -2.14. The highest BCUT2D eigenvalue weighted by atomic mass is 16.6. The molecule has 1 aliphatic rings. The number of nitrogens with zero attached hydrogens (tertiary/aromatic N) is 1. The van der Waals surface area contributed by atoms with Gasteiger partial charge in [-0.25, -0.2) is 0 Å². The highest BCUT2D eigenvalue weighted by molar-refractivity contribution is 5.56. The van der Waals surface area contributed by atoms with Crippen molar-refractivity contribution in [3.63, 3.8) is 0 Å². The average molecular weight is 293 g/mol. The first-order valence-corrected chi connectivity index (χ1v) is 7.48. The molecule has 0 spiro atoms. The number of anilines is 1. The van der Waals surface area contributed by atoms with Gasteiger partial charge >= 0.3 is 0 Å². The average Bonchev–Trinajstić information content (AvgIpc) is 2.90. The molecule has 2 N–H and O–H groups in total. The molecule has 1 aliphatic heterocycles. The highest BCUT2D eigenvalue weighted by Crippen LogP contribution is 2.27. The van der Waals surface area contributed by atoms with E-state index in [1.54, 1.807) is 6.07 Å². The van der Waals surface area contributed by atoms with Crippen LogP contribution in [0.2, 0.25) is 0 Å². The maximum atomic E-state index is 11.0. The summed E-state index contributed by atoms with van der Waals surface area (Å²) in [5.74, 6) is 0.528. The van der Waals surface area contributed by atoms with E-state index in [2.05, 4.69) is 10.6 Å². The van der Waals surface area contributed by atoms with E-state index in [9.17, 15) is 10.1 Å². The Balaban J connectivity index is 1.99. The number of non-ortho nitro benzene ring substituents is 1. The second-order valence-corrected chi connectivity index (χ2v) is 5.65. The first-order valence-electron chi connectivity index (χ1n) is 7.48. The van der Waals surface area contributed by atoms with Gasteiger partial charge in [-0.05, 0) is 39.7 Å². The fraction of sp³-hybridized carbons (Fsp3) is 0.600. The molecule has 1 saturated heterocycles. The summed E-state index contributed by atoms with van der Waals surface area (Å²) in [6.45, 7) is 5.68. The van der Waals surface area contributed by atoms with Crippen molar-refractivity contribution in [2.45, 2.75) is 45.3 Å². The van der Waals surface area contributed by atoms with Crippen LogP contribution in [0.25, 0.3) is 0 Å². The SMILES string of the molecule is CC(C)Oc1cc(NCC[C@H]2CCCN2)cc([N+](=O)[O-])c1. The molecule has 0 bridgehead atoms. The first kappa shape index (κ1) is 15.6. The number of nitro benzene ring substituents is 1. The summed E-state index contributed by atoms with van der Waals surface area (Å²) < 4.78 is 5.57. The van der Waals surface area contributed by atoms with Gasteiger partial charge in [-0.1, -0.05) is 0 Å². The topological polar surface area (TPSA) is 76.4 Å². The van der Waals surface area contributed by atoms with Gasteiger partial charge in [0.05, 0.1) is 17.1 Å². The lowest BCUT2D eigenvalue weighted by Crippen LogP contribution is -2.24. The predicted octanol–water partition coefficient (Wildman–Crippen LogP) is 2.94. The molecule has 116 valence electrons. The smallest absolute Gasteiger partial charge is 0.275 e. The summed E-state index contributed by atoms with van der Waals surface area (Å²) in [5.41, 5.74) is 0.785. The summed E-state index contributed by atoms with van der Waals surface area (Å²) in [6.07, 6.45) is 3.44. The van der Waals surface area contributed by atoms with Gasteiger partial charge in [0.25, 0.3) is 5.69 Å². The van der Waals surface area contributed by atoms with Crippen LogP contribution in [0.5, 0.6) is 5.75 Å². The van der Waals surface area contributed by atoms with E-state index in [1.165, 1.54) is 18.9 Å². The molecular weight excluding hydrogens is 270 g/mol. The van der Waals surface area contributed by atoms with E-state index in [0.29, 0.717) is 11.8 Å². The van der Waals surface area contributed by atoms with Gasteiger partial charge in [0, 0.05) is 30.4 Å². The highest BCUT2D eigenvalue weighted by Gasteiger charge is 2.14. The van der Waals surface area contributed by atoms with Crippen LogP contribution in [-0.2, 0) is 0 Å². The number of nitrogens with one attached hydrogen (secondary N) is 2. The third-order valence-electron chi connectivity index (χ3n) is 3.46. The van der Waals surface area contributed by atoms with Crippen LogP contribution in [-0.4, -0.2) is 30.2 Å². The Labute approximate surface area is 125 Å². The minimum Gasteiger partial charge on any atom is -0.491 e. The fourth-order valence-electron chi connectivity index (χ4n) is 2.52. The zero-order valence-corrected chi connectivity index (χ0v) is 12.6. The summed E-state index contributed by atoms with van der Waals surface area (Å²) in [7, 11) is 0. The molecule has 1 aromatic rings. The minimum atomic E-state index is -0.392. The van der Waals surface area contributed by atoms with E-state index in [-0.39, 0.29) is 11.8 Å². The number of hydrogen-bond acceptors (Lipinski definition) is 5. The quantitative estimate of drug-likeness (QED) is 0.597. The van der Waals surface area contributed by atoms with E-state index < -0.39 is 4.92 Å². The Kier molecular flexibility index (Phi) is 5.38. The predicted molar refractivity (Wildman–Crippen MR) is 83.0 cm³/mol. The summed E-state index contributed by atoms with van der Waals surface area (Å²) in [6, 6.07) is 5.39. The molecular formula is C15H23N3O3. The third kappa shape index (κ3) is 4.90. The van der Waals surface area contributed by atoms with Gasteiger partial charge in [-0.15, -0.1) is 0 Å². The number of rotatable bonds is 7. The Morgan fingerprint density at radius 2 is 2.29 bits per heavy atom. The van der Waals surface area contributed by atoms with Crippen LogP contribution in [0.4, 0.5) is 11.4 Å². The molecule has 1 aromatic carbocycles. The molecule has 0 radical (unpaired) electrons. The largest absolute Gasteiger partial charge is 0.491 e. The molecule has 0 aliphatic carbocycles. The Bertz CT molecular complexity index is 485. The molecule has 1 fully saturated rings. The van der Waals surface area contributed by atoms with Gasteiger partial charge in [0.2, 0.25) is 0 Å². The molecule has 0 unspecified atom stereocenters. The van der Waals surface area contributed by atoms with Crippen LogP contribution in [0, 0.1) is 10.1 Å². The Morgan fingerprint density at radius 1 is 1.48 bits per heavy atom. The maximum absolute atomic E-state index is 11.0. The van der Waals surface area contributed by atoms with Crippen LogP contribution in [0.15, 0.2) is 18.2 Å². The fourth-order valence-corrected chi connectivity index (χ4v) is 2.52. The molecule has 0 saturated carbocycles. The van der Waals surface area contributed by atoms with E-state index >= 15 is 0 Å². The molecule has 1 atom stereocenters. The molecule has 0 aromatic heterocycles. The molecule has 1 heterocycles. The van der Waals surface area contributed by atoms with E-state index in [0.717, 1.165) is 25.2 Å². The first-order chi connectivity index (χ1) is 10.0. The van der Waals surface area contributed by atoms with Crippen molar-refractivity contribution in [2.75, 3.05) is 18.4 Å². The normalized spacial score (nSPS) is 18.0. The minimum absolute atomic E-state index is 0.0115. The van der Waals surface area contributed by atoms with Crippen molar-refractivity contribution in [2.24, 2.45) is 0 Å². The van der Waals surface area contributed by atoms with E-state index in [4.69, 9.17) is 4.74 Å². The molecule has 0 amide bonds. The number of hydrogen-bond donors (Lipinski definition) is 2. The van der Waals surface area contributed by atoms with Crippen molar-refractivity contribution >= 4 is 11.4 Å². The third-order valence-corrected chi connectivity index (χ3v) is 3.46. The van der Waals surface area contributed by atoms with Crippen molar-refractivity contribution < 1.29 is 9.66 Å². The summed E-state index contributed by atoms with van der Waals surface area (Å²) in [4.78, 5) is 10.6. The van der Waals surface area contributed by atoms with Gasteiger partial charge in [-0.2, -0.15) is 0 Å². The monoisotopic (exact) mass is 293 g/mol. The van der Waals surface area contributed by atoms with Crippen LogP contribution >= 0.6 is 0 Å². The lowest BCUT2D eigenvalue weighted by atomic mass is 10.1. The van der Waals surface area contributed by atoms with Crippen LogP contribution < -0.4 is 15.4 Å². The second-order valence-electron chi connectivity index (χ2n) is 5.65. The van der Waals surface area contributed by atoms with E-state index in [1.807, 2.05) is 19.9 Å². The Hall–Kier alpha value is -1.82. The van der Waals surface area contributed by atoms with Crippen molar-refractivity contribution in [3.05, 3.63) is 28.3 Å². The van der Waals surface area contributed by atoms with Crippen LogP contribution in [0.1, 0.15) is 33.1 Å². The second kappa shape index (κ2) is 7.26. The molecule has 21 heavy (non-hydrogen) atoms. The molecule has 6 nitrogen and oxygen atoms in total. The summed E-state index contributed by atoms with van der Waals surface area (Å²) >= 11 is 0. The zero-order chi connectivity index (χ0) is 15.2. The van der Waals surface area contributed by atoms with Crippen LogP contribution in [0.3, 0.4) is 0 Å². The zero-order valence-electron chi connectivity index (χ0n) is 12.6. The Morgan fingerprint density at radius 3 is 2.90 bits per heavy atom. The number of ether oxygens (including phenoxy) is 1. The van der Waals surface area contributed by atoms with Gasteiger partial charge < -0.3 is 15.4 Å². The van der Waals surface area contributed by atoms with Gasteiger partial charge in [0.1, 0.15) is 5.75 Å². The maximum Gasteiger partial charge on any atom is 0.275 e. The number of nitro groups is 1. The molecule has 2 rings (SSSR count). The molecule has 6 heteroatoms. The lowest BCUT2D eigenvalue weighted by molar-refractivity contribution is -0.384. The van der Waals surface area contributed by atoms with Gasteiger partial charge in [-0.3, -0.25) is 10.1 Å². The number of benzene rings is 1. The van der Waals surface area contributed by atoms with Gasteiger partial charge in [0.15, 0.2) is 0 Å². The van der Waals surface area contributed by atoms with Crippen molar-refractivity contribution in [1.29, 1.82) is 0 Å². The summed E-state index contributed by atoms with van der Waals surface area (Å²) in [5, 5.41) is 17.7. The van der Waals surface area contributed by atoms with Crippen molar-refractivity contribution in [3.8, 4) is 5.75 Å². The van der Waals surface area contributed by atoms with Crippen molar-refractivity contribution in [1.82, 2.24) is 5.32 Å². The standard InChI is InChI=1S/C15H23N3O3/c1-11(2)21-15-9-13(8-14(10-15)18(19)20)17-7-5-12-4-3-6-16-12/h8-12,16-17H,3-7H2,1-2H3/t12-/m1/s1.